The van der Waals surface area contributed by atoms with E-state index in [-0.39, 0.29) is 17.6 Å². The normalized spacial score (nSPS) is 11.9. The molecule has 146 valence electrons. The van der Waals surface area contributed by atoms with E-state index in [0.717, 1.165) is 6.42 Å². The molecule has 0 saturated heterocycles. The van der Waals surface area contributed by atoms with Gasteiger partial charge in [-0.2, -0.15) is 4.98 Å². The van der Waals surface area contributed by atoms with Gasteiger partial charge in [-0.05, 0) is 24.8 Å². The second-order valence-corrected chi connectivity index (χ2v) is 7.25. The fraction of sp³-hybridized carbons (Fsp3) is 0.316. The zero-order chi connectivity index (χ0) is 20.1. The van der Waals surface area contributed by atoms with Gasteiger partial charge in [0, 0.05) is 36.7 Å². The molecule has 2 aromatic heterocycles. The Morgan fingerprint density at radius 2 is 2.18 bits per heavy atom. The predicted octanol–water partition coefficient (Wildman–Crippen LogP) is 4.19. The number of nitro groups is 1. The summed E-state index contributed by atoms with van der Waals surface area (Å²) in [5.74, 6) is 0.662. The Morgan fingerprint density at radius 3 is 2.86 bits per heavy atom. The van der Waals surface area contributed by atoms with Gasteiger partial charge in [0.25, 0.3) is 11.6 Å². The average Bonchev–Trinajstić information content (AvgIpc) is 3.40. The predicted molar refractivity (Wildman–Crippen MR) is 105 cm³/mol. The first-order valence-corrected chi connectivity index (χ1v) is 9.79. The number of nitro benzene ring substituents is 1. The highest BCUT2D eigenvalue weighted by molar-refractivity contribution is 7.12. The Labute approximate surface area is 165 Å². The largest absolute Gasteiger partial charge is 0.339 e. The van der Waals surface area contributed by atoms with E-state index in [9.17, 15) is 14.9 Å². The Kier molecular flexibility index (Phi) is 6.15. The number of benzene rings is 1. The number of carbonyl (C=O) groups is 1. The lowest BCUT2D eigenvalue weighted by molar-refractivity contribution is -0.384. The standard InChI is InChI=1S/C19H20N4O4S/c1-3-13(2)22(19(24)16-8-5-11-28-16)10-9-17-20-18(21-27-17)14-6-4-7-15(12-14)23(25)26/h4-8,11-13H,3,9-10H2,1-2H3/t13-/m1/s1. The number of hydrogen-bond acceptors (Lipinski definition) is 7. The van der Waals surface area contributed by atoms with E-state index >= 15 is 0 Å². The van der Waals surface area contributed by atoms with Gasteiger partial charge < -0.3 is 9.42 Å². The number of thiophene rings is 1. The van der Waals surface area contributed by atoms with Crippen molar-refractivity contribution >= 4 is 22.9 Å². The summed E-state index contributed by atoms with van der Waals surface area (Å²) in [7, 11) is 0. The molecule has 1 atom stereocenters. The Balaban J connectivity index is 1.72. The summed E-state index contributed by atoms with van der Waals surface area (Å²) in [5.41, 5.74) is 0.478. The van der Waals surface area contributed by atoms with Crippen LogP contribution in [0.4, 0.5) is 5.69 Å². The molecular weight excluding hydrogens is 380 g/mol. The minimum atomic E-state index is -0.468. The van der Waals surface area contributed by atoms with Crippen LogP contribution in [0.5, 0.6) is 0 Å². The molecule has 3 aromatic rings. The second-order valence-electron chi connectivity index (χ2n) is 6.30. The molecule has 0 radical (unpaired) electrons. The van der Waals surface area contributed by atoms with Crippen LogP contribution < -0.4 is 0 Å². The van der Waals surface area contributed by atoms with E-state index in [1.807, 2.05) is 36.3 Å². The van der Waals surface area contributed by atoms with Crippen LogP contribution in [-0.2, 0) is 6.42 Å². The van der Waals surface area contributed by atoms with Gasteiger partial charge in [0.2, 0.25) is 11.7 Å². The van der Waals surface area contributed by atoms with Crippen molar-refractivity contribution in [3.05, 3.63) is 62.7 Å². The lowest BCUT2D eigenvalue weighted by Gasteiger charge is -2.27. The first-order valence-electron chi connectivity index (χ1n) is 8.91. The summed E-state index contributed by atoms with van der Waals surface area (Å²) in [5, 5.41) is 16.7. The van der Waals surface area contributed by atoms with Gasteiger partial charge in [0.05, 0.1) is 9.80 Å². The van der Waals surface area contributed by atoms with Crippen molar-refractivity contribution in [1.82, 2.24) is 15.0 Å². The van der Waals surface area contributed by atoms with Crippen LogP contribution in [0.25, 0.3) is 11.4 Å². The molecule has 0 aliphatic heterocycles. The van der Waals surface area contributed by atoms with Gasteiger partial charge >= 0.3 is 0 Å². The van der Waals surface area contributed by atoms with Crippen molar-refractivity contribution in [2.24, 2.45) is 0 Å². The molecule has 0 aliphatic carbocycles. The fourth-order valence-electron chi connectivity index (χ4n) is 2.73. The molecular formula is C19H20N4O4S. The van der Waals surface area contributed by atoms with Crippen LogP contribution in [0.3, 0.4) is 0 Å². The molecule has 1 aromatic carbocycles. The van der Waals surface area contributed by atoms with E-state index in [1.165, 1.54) is 23.5 Å². The molecule has 0 aliphatic rings. The molecule has 28 heavy (non-hydrogen) atoms. The number of amides is 1. The van der Waals surface area contributed by atoms with Crippen LogP contribution >= 0.6 is 11.3 Å². The van der Waals surface area contributed by atoms with Crippen LogP contribution in [0.15, 0.2) is 46.3 Å². The molecule has 8 nitrogen and oxygen atoms in total. The Hall–Kier alpha value is -3.07. The molecule has 0 saturated carbocycles. The maximum absolute atomic E-state index is 12.8. The van der Waals surface area contributed by atoms with Gasteiger partial charge in [-0.3, -0.25) is 14.9 Å². The van der Waals surface area contributed by atoms with Gasteiger partial charge in [-0.15, -0.1) is 11.3 Å². The van der Waals surface area contributed by atoms with E-state index in [2.05, 4.69) is 10.1 Å². The highest BCUT2D eigenvalue weighted by Gasteiger charge is 2.22. The van der Waals surface area contributed by atoms with Crippen molar-refractivity contribution in [2.45, 2.75) is 32.7 Å². The van der Waals surface area contributed by atoms with E-state index in [1.54, 1.807) is 12.1 Å². The highest BCUT2D eigenvalue weighted by atomic mass is 32.1. The summed E-state index contributed by atoms with van der Waals surface area (Å²) in [4.78, 5) is 30.0. The third kappa shape index (κ3) is 4.42. The first kappa shape index (κ1) is 19.7. The maximum atomic E-state index is 12.8. The molecule has 9 heteroatoms. The Bertz CT molecular complexity index is 955. The topological polar surface area (TPSA) is 102 Å². The summed E-state index contributed by atoms with van der Waals surface area (Å²) < 4.78 is 5.29. The molecule has 3 rings (SSSR count). The molecule has 0 N–H and O–H groups in total. The summed E-state index contributed by atoms with van der Waals surface area (Å²) in [6.07, 6.45) is 1.24. The second kappa shape index (κ2) is 8.75. The minimum absolute atomic E-state index is 0.0113. The van der Waals surface area contributed by atoms with Crippen molar-refractivity contribution in [3.63, 3.8) is 0 Å². The van der Waals surface area contributed by atoms with Crippen molar-refractivity contribution in [3.8, 4) is 11.4 Å². The van der Waals surface area contributed by atoms with Crippen LogP contribution in [0, 0.1) is 10.1 Å². The number of non-ortho nitro benzene ring substituents is 1. The van der Waals surface area contributed by atoms with Crippen LogP contribution in [-0.4, -0.2) is 38.5 Å². The zero-order valence-electron chi connectivity index (χ0n) is 15.6. The zero-order valence-corrected chi connectivity index (χ0v) is 16.4. The lowest BCUT2D eigenvalue weighted by atomic mass is 10.2. The molecule has 0 unspecified atom stereocenters. The summed E-state index contributed by atoms with van der Waals surface area (Å²) >= 11 is 1.42. The first-order chi connectivity index (χ1) is 13.5. The number of hydrogen-bond donors (Lipinski definition) is 0. The third-order valence-corrected chi connectivity index (χ3v) is 5.32. The number of aromatic nitrogens is 2. The highest BCUT2D eigenvalue weighted by Crippen LogP contribution is 2.22. The number of rotatable bonds is 8. The van der Waals surface area contributed by atoms with Crippen molar-refractivity contribution < 1.29 is 14.2 Å². The smallest absolute Gasteiger partial charge is 0.270 e. The maximum Gasteiger partial charge on any atom is 0.270 e. The molecule has 0 fully saturated rings. The summed E-state index contributed by atoms with van der Waals surface area (Å²) in [6, 6.07) is 9.83. The van der Waals surface area contributed by atoms with Crippen LogP contribution in [0.1, 0.15) is 35.8 Å². The monoisotopic (exact) mass is 400 g/mol. The third-order valence-electron chi connectivity index (χ3n) is 4.47. The number of nitrogens with zero attached hydrogens (tertiary/aromatic N) is 4. The van der Waals surface area contributed by atoms with Gasteiger partial charge in [0.1, 0.15) is 0 Å². The van der Waals surface area contributed by atoms with Crippen LogP contribution in [0.2, 0.25) is 0 Å². The average molecular weight is 400 g/mol. The summed E-state index contributed by atoms with van der Waals surface area (Å²) in [6.45, 7) is 4.49. The number of carbonyl (C=O) groups excluding carboxylic acids is 1. The van der Waals surface area contributed by atoms with E-state index < -0.39 is 4.92 Å². The SMILES string of the molecule is CC[C@@H](C)N(CCc1nc(-c2cccc([N+](=O)[O-])c2)no1)C(=O)c1cccs1. The lowest BCUT2D eigenvalue weighted by Crippen LogP contribution is -2.39. The van der Waals surface area contributed by atoms with Gasteiger partial charge in [0.15, 0.2) is 0 Å². The molecule has 0 bridgehead atoms. The van der Waals surface area contributed by atoms with Gasteiger partial charge in [-0.25, -0.2) is 0 Å². The quantitative estimate of drug-likeness (QED) is 0.415. The Morgan fingerprint density at radius 1 is 1.36 bits per heavy atom. The van der Waals surface area contributed by atoms with Gasteiger partial charge in [-0.1, -0.05) is 30.3 Å². The minimum Gasteiger partial charge on any atom is -0.339 e. The molecule has 1 amide bonds. The molecule has 2 heterocycles. The fourth-order valence-corrected chi connectivity index (χ4v) is 3.41. The van der Waals surface area contributed by atoms with E-state index in [4.69, 9.17) is 4.52 Å². The van der Waals surface area contributed by atoms with Crippen molar-refractivity contribution in [2.75, 3.05) is 6.54 Å². The van der Waals surface area contributed by atoms with Crippen molar-refractivity contribution in [1.29, 1.82) is 0 Å². The molecule has 0 spiro atoms. The van der Waals surface area contributed by atoms with E-state index in [0.29, 0.717) is 35.1 Å².